The van der Waals surface area contributed by atoms with E-state index in [1.807, 2.05) is 12.1 Å². The maximum atomic E-state index is 11.9. The van der Waals surface area contributed by atoms with Gasteiger partial charge in [-0.1, -0.05) is 31.6 Å². The van der Waals surface area contributed by atoms with Crippen molar-refractivity contribution in [3.8, 4) is 0 Å². The molecular formula is C18H22O2. The molecule has 0 fully saturated rings. The molecule has 2 heteroatoms. The van der Waals surface area contributed by atoms with Crippen LogP contribution in [-0.2, 0) is 4.79 Å². The number of furan rings is 1. The summed E-state index contributed by atoms with van der Waals surface area (Å²) in [6.07, 6.45) is 13.1. The number of hydrogen-bond acceptors (Lipinski definition) is 2. The molecule has 20 heavy (non-hydrogen) atoms. The van der Waals surface area contributed by atoms with E-state index in [2.05, 4.69) is 26.8 Å². The van der Waals surface area contributed by atoms with Crippen LogP contribution in [0, 0.1) is 11.3 Å². The third-order valence-electron chi connectivity index (χ3n) is 4.00. The molecule has 0 N–H and O–H groups in total. The van der Waals surface area contributed by atoms with E-state index in [0.717, 1.165) is 12.8 Å². The molecule has 0 saturated heterocycles. The molecule has 0 spiro atoms. The van der Waals surface area contributed by atoms with Crippen LogP contribution in [0.4, 0.5) is 0 Å². The van der Waals surface area contributed by atoms with Crippen LogP contribution in [0.25, 0.3) is 6.08 Å². The fraction of sp³-hybridized carbons (Fsp3) is 0.389. The number of allylic oxidation sites excluding steroid dienone is 5. The van der Waals surface area contributed by atoms with Crippen LogP contribution in [0.2, 0.25) is 0 Å². The van der Waals surface area contributed by atoms with Gasteiger partial charge in [0, 0.05) is 5.92 Å². The average molecular weight is 270 g/mol. The van der Waals surface area contributed by atoms with Gasteiger partial charge in [0.1, 0.15) is 5.76 Å². The highest BCUT2D eigenvalue weighted by atomic mass is 16.3. The van der Waals surface area contributed by atoms with Gasteiger partial charge in [-0.2, -0.15) is 0 Å². The molecule has 2 rings (SSSR count). The van der Waals surface area contributed by atoms with Crippen LogP contribution in [-0.4, -0.2) is 5.78 Å². The summed E-state index contributed by atoms with van der Waals surface area (Å²) in [5.41, 5.74) is 1.58. The maximum absolute atomic E-state index is 11.9. The molecule has 1 aliphatic carbocycles. The van der Waals surface area contributed by atoms with Crippen molar-refractivity contribution in [3.63, 3.8) is 0 Å². The zero-order valence-electron chi connectivity index (χ0n) is 12.4. The van der Waals surface area contributed by atoms with Crippen LogP contribution in [0.1, 0.15) is 39.4 Å². The lowest BCUT2D eigenvalue weighted by Crippen LogP contribution is -2.26. The Kier molecular flexibility index (Phi) is 4.43. The monoisotopic (exact) mass is 270 g/mol. The second-order valence-corrected chi connectivity index (χ2v) is 6.06. The normalized spacial score (nSPS) is 22.4. The summed E-state index contributed by atoms with van der Waals surface area (Å²) >= 11 is 0. The smallest absolute Gasteiger partial charge is 0.178 e. The molecule has 1 heterocycles. The topological polar surface area (TPSA) is 30.2 Å². The van der Waals surface area contributed by atoms with Crippen molar-refractivity contribution in [2.45, 2.75) is 33.6 Å². The molecule has 0 saturated carbocycles. The van der Waals surface area contributed by atoms with E-state index in [1.165, 1.54) is 5.57 Å². The molecule has 1 aromatic rings. The summed E-state index contributed by atoms with van der Waals surface area (Å²) in [4.78, 5) is 11.9. The van der Waals surface area contributed by atoms with Gasteiger partial charge >= 0.3 is 0 Å². The van der Waals surface area contributed by atoms with Gasteiger partial charge in [-0.15, -0.1) is 0 Å². The van der Waals surface area contributed by atoms with E-state index >= 15 is 0 Å². The van der Waals surface area contributed by atoms with Crippen LogP contribution >= 0.6 is 0 Å². The van der Waals surface area contributed by atoms with Crippen molar-refractivity contribution >= 4 is 11.9 Å². The first-order valence-corrected chi connectivity index (χ1v) is 7.09. The number of ketones is 1. The van der Waals surface area contributed by atoms with Gasteiger partial charge in [-0.05, 0) is 55.5 Å². The van der Waals surface area contributed by atoms with Crippen LogP contribution in [0.5, 0.6) is 0 Å². The lowest BCUT2D eigenvalue weighted by atomic mass is 9.68. The van der Waals surface area contributed by atoms with Crippen molar-refractivity contribution in [2.24, 2.45) is 11.3 Å². The SMILES string of the molecule is CC1=CCCC(C)(C)C1/C=C/C(=O)/C=C/c1ccco1. The Morgan fingerprint density at radius 3 is 2.85 bits per heavy atom. The molecule has 1 aliphatic rings. The van der Waals surface area contributed by atoms with Crippen molar-refractivity contribution in [1.29, 1.82) is 0 Å². The molecule has 1 atom stereocenters. The first-order chi connectivity index (χ1) is 9.49. The Bertz CT molecular complexity index is 542. The van der Waals surface area contributed by atoms with Crippen molar-refractivity contribution in [1.82, 2.24) is 0 Å². The first kappa shape index (κ1) is 14.6. The molecule has 1 aromatic heterocycles. The second kappa shape index (κ2) is 6.08. The van der Waals surface area contributed by atoms with Crippen LogP contribution in [0.15, 0.2) is 52.7 Å². The van der Waals surface area contributed by atoms with Crippen LogP contribution < -0.4 is 0 Å². The first-order valence-electron chi connectivity index (χ1n) is 7.09. The average Bonchev–Trinajstić information content (AvgIpc) is 2.88. The van der Waals surface area contributed by atoms with E-state index in [0.29, 0.717) is 11.7 Å². The van der Waals surface area contributed by atoms with Gasteiger partial charge in [0.25, 0.3) is 0 Å². The predicted octanol–water partition coefficient (Wildman–Crippen LogP) is 4.80. The van der Waals surface area contributed by atoms with Gasteiger partial charge in [-0.3, -0.25) is 4.79 Å². The summed E-state index contributed by atoms with van der Waals surface area (Å²) in [5, 5.41) is 0. The van der Waals surface area contributed by atoms with Crippen molar-refractivity contribution in [3.05, 3.63) is 54.0 Å². The molecule has 2 nitrogen and oxygen atoms in total. The Labute approximate surface area is 120 Å². The maximum Gasteiger partial charge on any atom is 0.178 e. The molecule has 106 valence electrons. The summed E-state index contributed by atoms with van der Waals surface area (Å²) in [5.74, 6) is 1.04. The molecule has 0 bridgehead atoms. The third kappa shape index (κ3) is 3.60. The molecule has 0 radical (unpaired) electrons. The fourth-order valence-electron chi connectivity index (χ4n) is 2.78. The quantitative estimate of drug-likeness (QED) is 0.581. The molecule has 0 aromatic carbocycles. The fourth-order valence-corrected chi connectivity index (χ4v) is 2.78. The number of carbonyl (C=O) groups excluding carboxylic acids is 1. The van der Waals surface area contributed by atoms with E-state index < -0.39 is 0 Å². The largest absolute Gasteiger partial charge is 0.465 e. The van der Waals surface area contributed by atoms with Gasteiger partial charge in [0.05, 0.1) is 6.26 Å². The number of rotatable bonds is 4. The summed E-state index contributed by atoms with van der Waals surface area (Å²) in [6.45, 7) is 6.68. The lowest BCUT2D eigenvalue weighted by molar-refractivity contribution is -0.110. The molecule has 0 amide bonds. The van der Waals surface area contributed by atoms with Crippen molar-refractivity contribution < 1.29 is 9.21 Å². The molecule has 0 aliphatic heterocycles. The Morgan fingerprint density at radius 1 is 1.40 bits per heavy atom. The lowest BCUT2D eigenvalue weighted by Gasteiger charge is -2.36. The van der Waals surface area contributed by atoms with Gasteiger partial charge < -0.3 is 4.42 Å². The minimum absolute atomic E-state index is 0.00410. The van der Waals surface area contributed by atoms with E-state index in [4.69, 9.17) is 4.42 Å². The highest BCUT2D eigenvalue weighted by Crippen LogP contribution is 2.41. The summed E-state index contributed by atoms with van der Waals surface area (Å²) in [6, 6.07) is 3.63. The Balaban J connectivity index is 2.03. The second-order valence-electron chi connectivity index (χ2n) is 6.06. The highest BCUT2D eigenvalue weighted by molar-refractivity contribution is 6.01. The number of carbonyl (C=O) groups is 1. The van der Waals surface area contributed by atoms with Crippen LogP contribution in [0.3, 0.4) is 0 Å². The van der Waals surface area contributed by atoms with E-state index in [1.54, 1.807) is 30.6 Å². The van der Waals surface area contributed by atoms with E-state index in [9.17, 15) is 4.79 Å². The van der Waals surface area contributed by atoms with Gasteiger partial charge in [0.15, 0.2) is 5.78 Å². The van der Waals surface area contributed by atoms with Crippen molar-refractivity contribution in [2.75, 3.05) is 0 Å². The molecular weight excluding hydrogens is 248 g/mol. The minimum Gasteiger partial charge on any atom is -0.465 e. The number of hydrogen-bond donors (Lipinski definition) is 0. The zero-order valence-corrected chi connectivity index (χ0v) is 12.4. The highest BCUT2D eigenvalue weighted by Gasteiger charge is 2.30. The van der Waals surface area contributed by atoms with Gasteiger partial charge in [0.2, 0.25) is 0 Å². The minimum atomic E-state index is -0.00410. The molecule has 1 unspecified atom stereocenters. The Morgan fingerprint density at radius 2 is 2.20 bits per heavy atom. The third-order valence-corrected chi connectivity index (χ3v) is 4.00. The van der Waals surface area contributed by atoms with E-state index in [-0.39, 0.29) is 11.2 Å². The summed E-state index contributed by atoms with van der Waals surface area (Å²) in [7, 11) is 0. The zero-order chi connectivity index (χ0) is 14.6. The Hall–Kier alpha value is -1.83. The van der Waals surface area contributed by atoms with Gasteiger partial charge in [-0.25, -0.2) is 0 Å². The predicted molar refractivity (Wildman–Crippen MR) is 82.2 cm³/mol. The standard InChI is InChI=1S/C18H22O2/c1-14-6-4-12-18(2,3)17(14)11-9-15(19)8-10-16-7-5-13-20-16/h5-11,13,17H,4,12H2,1-3H3/b10-8+,11-9+. The summed E-state index contributed by atoms with van der Waals surface area (Å²) < 4.78 is 5.16.